The number of amides is 1. The molecule has 21 heavy (non-hydrogen) atoms. The first-order chi connectivity index (χ1) is 10.1. The van der Waals surface area contributed by atoms with E-state index in [0.717, 1.165) is 16.9 Å². The Morgan fingerprint density at radius 3 is 2.86 bits per heavy atom. The highest BCUT2D eigenvalue weighted by atomic mass is 35.5. The van der Waals surface area contributed by atoms with Crippen molar-refractivity contribution in [3.63, 3.8) is 0 Å². The predicted molar refractivity (Wildman–Crippen MR) is 82.2 cm³/mol. The monoisotopic (exact) mass is 304 g/mol. The number of imidazole rings is 1. The molecule has 1 heterocycles. The van der Waals surface area contributed by atoms with E-state index in [-0.39, 0.29) is 5.91 Å². The van der Waals surface area contributed by atoms with Crippen LogP contribution in [-0.2, 0) is 17.8 Å². The number of carbonyl (C=O) groups is 1. The third-order valence-corrected chi connectivity index (χ3v) is 3.51. The van der Waals surface area contributed by atoms with Crippen molar-refractivity contribution in [1.29, 1.82) is 5.26 Å². The average molecular weight is 305 g/mol. The number of hydrogen-bond donors (Lipinski definition) is 0. The van der Waals surface area contributed by atoms with Gasteiger partial charge in [-0.05, 0) is 18.2 Å². The quantitative estimate of drug-likeness (QED) is 0.795. The highest BCUT2D eigenvalue weighted by Gasteiger charge is 2.13. The maximum atomic E-state index is 11.8. The highest BCUT2D eigenvalue weighted by molar-refractivity contribution is 6.17. The number of halogens is 1. The molecule has 0 aliphatic rings. The van der Waals surface area contributed by atoms with E-state index in [2.05, 4.69) is 11.1 Å². The van der Waals surface area contributed by atoms with Gasteiger partial charge in [0.15, 0.2) is 0 Å². The molecule has 0 bridgehead atoms. The van der Waals surface area contributed by atoms with Gasteiger partial charge < -0.3 is 9.47 Å². The number of fused-ring (bicyclic) bond motifs is 1. The topological polar surface area (TPSA) is 61.9 Å². The molecule has 0 radical (unpaired) electrons. The molecule has 0 unspecified atom stereocenters. The van der Waals surface area contributed by atoms with Gasteiger partial charge in [-0.3, -0.25) is 4.79 Å². The molecule has 1 amide bonds. The van der Waals surface area contributed by atoms with Gasteiger partial charge in [0.2, 0.25) is 5.91 Å². The van der Waals surface area contributed by atoms with Gasteiger partial charge in [-0.25, -0.2) is 4.98 Å². The minimum Gasteiger partial charge on any atom is -0.349 e. The zero-order valence-corrected chi connectivity index (χ0v) is 12.9. The van der Waals surface area contributed by atoms with Crippen molar-refractivity contribution < 1.29 is 4.79 Å². The summed E-state index contributed by atoms with van der Waals surface area (Å²) in [5.41, 5.74) is 2.28. The zero-order valence-electron chi connectivity index (χ0n) is 12.1. The lowest BCUT2D eigenvalue weighted by molar-refractivity contribution is -0.128. The van der Waals surface area contributed by atoms with Crippen LogP contribution >= 0.6 is 11.6 Å². The van der Waals surface area contributed by atoms with Gasteiger partial charge in [-0.2, -0.15) is 5.26 Å². The van der Waals surface area contributed by atoms with Crippen molar-refractivity contribution in [2.45, 2.75) is 19.4 Å². The van der Waals surface area contributed by atoms with E-state index in [9.17, 15) is 4.79 Å². The fraction of sp³-hybridized carbons (Fsp3) is 0.400. The molecule has 5 nitrogen and oxygen atoms in total. The van der Waals surface area contributed by atoms with E-state index in [1.54, 1.807) is 31.1 Å². The van der Waals surface area contributed by atoms with Gasteiger partial charge in [0.25, 0.3) is 0 Å². The lowest BCUT2D eigenvalue weighted by atomic mass is 10.2. The third-order valence-electron chi connectivity index (χ3n) is 3.32. The van der Waals surface area contributed by atoms with Crippen molar-refractivity contribution >= 4 is 28.5 Å². The minimum atomic E-state index is 0.0603. The van der Waals surface area contributed by atoms with Crippen LogP contribution in [0.3, 0.4) is 0 Å². The third kappa shape index (κ3) is 3.34. The Kier molecular flexibility index (Phi) is 4.81. The van der Waals surface area contributed by atoms with Crippen LogP contribution in [-0.4, -0.2) is 40.3 Å². The van der Waals surface area contributed by atoms with E-state index in [4.69, 9.17) is 16.9 Å². The molecule has 0 aliphatic carbocycles. The first-order valence-electron chi connectivity index (χ1n) is 6.72. The smallest absolute Gasteiger partial charge is 0.223 e. The Labute approximate surface area is 128 Å². The van der Waals surface area contributed by atoms with E-state index in [0.29, 0.717) is 30.8 Å². The van der Waals surface area contributed by atoms with Gasteiger partial charge in [-0.1, -0.05) is 0 Å². The maximum Gasteiger partial charge on any atom is 0.223 e. The second-order valence-corrected chi connectivity index (χ2v) is 5.35. The molecule has 1 aromatic carbocycles. The summed E-state index contributed by atoms with van der Waals surface area (Å²) >= 11 is 5.83. The molecule has 2 aromatic rings. The van der Waals surface area contributed by atoms with Crippen LogP contribution in [0.5, 0.6) is 0 Å². The number of nitriles is 1. The summed E-state index contributed by atoms with van der Waals surface area (Å²) in [5.74, 6) is 1.38. The number of carbonyl (C=O) groups excluding carboxylic acids is 1. The first kappa shape index (κ1) is 15.3. The number of aryl methyl sites for hydroxylation is 2. The number of hydrogen-bond acceptors (Lipinski definition) is 3. The van der Waals surface area contributed by atoms with Gasteiger partial charge in [0, 0.05) is 39.4 Å². The van der Waals surface area contributed by atoms with Gasteiger partial charge in [-0.15, -0.1) is 11.6 Å². The Bertz CT molecular complexity index is 699. The standard InChI is InChI=1S/C15H17ClN4O/c1-19(2)15(21)6-8-20-13-9-11(10-17)3-4-12(13)18-14(20)5-7-16/h3-4,9H,5-8H2,1-2H3. The SMILES string of the molecule is CN(C)C(=O)CCn1c(CCCl)nc2ccc(C#N)cc21. The Morgan fingerprint density at radius 1 is 1.48 bits per heavy atom. The molecule has 1 aromatic heterocycles. The second-order valence-electron chi connectivity index (χ2n) is 4.97. The summed E-state index contributed by atoms with van der Waals surface area (Å²) in [4.78, 5) is 17.9. The molecular formula is C15H17ClN4O. The van der Waals surface area contributed by atoms with Crippen molar-refractivity contribution in [2.24, 2.45) is 0 Å². The predicted octanol–water partition coefficient (Wildman–Crippen LogP) is 2.17. The zero-order chi connectivity index (χ0) is 15.4. The number of alkyl halides is 1. The van der Waals surface area contributed by atoms with Gasteiger partial charge >= 0.3 is 0 Å². The van der Waals surface area contributed by atoms with Crippen LogP contribution in [0.15, 0.2) is 18.2 Å². The molecule has 0 saturated heterocycles. The Hall–Kier alpha value is -2.06. The summed E-state index contributed by atoms with van der Waals surface area (Å²) in [6, 6.07) is 7.51. The summed E-state index contributed by atoms with van der Waals surface area (Å²) in [6.45, 7) is 0.536. The number of rotatable bonds is 5. The molecule has 0 atom stereocenters. The van der Waals surface area contributed by atoms with Crippen molar-refractivity contribution in [3.8, 4) is 6.07 Å². The molecule has 2 rings (SSSR count). The maximum absolute atomic E-state index is 11.8. The largest absolute Gasteiger partial charge is 0.349 e. The second kappa shape index (κ2) is 6.59. The van der Waals surface area contributed by atoms with Crippen LogP contribution in [0.25, 0.3) is 11.0 Å². The molecular weight excluding hydrogens is 288 g/mol. The van der Waals surface area contributed by atoms with Crippen LogP contribution in [0, 0.1) is 11.3 Å². The summed E-state index contributed by atoms with van der Waals surface area (Å²) in [7, 11) is 3.48. The van der Waals surface area contributed by atoms with Crippen LogP contribution in [0.2, 0.25) is 0 Å². The number of benzene rings is 1. The summed E-state index contributed by atoms with van der Waals surface area (Å²) in [6.07, 6.45) is 1.03. The molecule has 6 heteroatoms. The fourth-order valence-electron chi connectivity index (χ4n) is 2.20. The Balaban J connectivity index is 2.39. The van der Waals surface area contributed by atoms with Crippen molar-refractivity contribution in [1.82, 2.24) is 14.5 Å². The van der Waals surface area contributed by atoms with Gasteiger partial charge in [0.05, 0.1) is 22.7 Å². The van der Waals surface area contributed by atoms with Gasteiger partial charge in [0.1, 0.15) is 5.82 Å². The summed E-state index contributed by atoms with van der Waals surface area (Å²) in [5, 5.41) is 9.03. The van der Waals surface area contributed by atoms with Crippen LogP contribution in [0.4, 0.5) is 0 Å². The normalized spacial score (nSPS) is 10.6. The lowest BCUT2D eigenvalue weighted by Gasteiger charge is -2.12. The van der Waals surface area contributed by atoms with E-state index in [1.165, 1.54) is 0 Å². The molecule has 0 aliphatic heterocycles. The molecule has 110 valence electrons. The van der Waals surface area contributed by atoms with E-state index < -0.39 is 0 Å². The lowest BCUT2D eigenvalue weighted by Crippen LogP contribution is -2.23. The molecule has 0 fully saturated rings. The molecule has 0 N–H and O–H groups in total. The van der Waals surface area contributed by atoms with Crippen molar-refractivity contribution in [2.75, 3.05) is 20.0 Å². The molecule has 0 saturated carbocycles. The Morgan fingerprint density at radius 2 is 2.24 bits per heavy atom. The van der Waals surface area contributed by atoms with E-state index >= 15 is 0 Å². The van der Waals surface area contributed by atoms with E-state index in [1.807, 2.05) is 10.6 Å². The van der Waals surface area contributed by atoms with Crippen LogP contribution < -0.4 is 0 Å². The molecule has 0 spiro atoms. The van der Waals surface area contributed by atoms with Crippen molar-refractivity contribution in [3.05, 3.63) is 29.6 Å². The average Bonchev–Trinajstić information content (AvgIpc) is 2.81. The minimum absolute atomic E-state index is 0.0603. The number of nitrogens with zero attached hydrogens (tertiary/aromatic N) is 4. The number of aromatic nitrogens is 2. The first-order valence-corrected chi connectivity index (χ1v) is 7.25. The summed E-state index contributed by atoms with van der Waals surface area (Å²) < 4.78 is 1.99. The highest BCUT2D eigenvalue weighted by Crippen LogP contribution is 2.19. The van der Waals surface area contributed by atoms with Crippen LogP contribution in [0.1, 0.15) is 17.8 Å². The fourth-order valence-corrected chi connectivity index (χ4v) is 2.37.